The molecule has 0 fully saturated rings. The van der Waals surface area contributed by atoms with Crippen LogP contribution in [0.25, 0.3) is 11.5 Å². The number of nitrogen functional groups attached to an aromatic ring is 1. The maximum Gasteiger partial charge on any atom is 0.176 e. The summed E-state index contributed by atoms with van der Waals surface area (Å²) in [5.41, 5.74) is 6.31. The SMILES string of the molecule is Nc1cnc2nccc-2[nH]1. The number of nitrogens with two attached hydrogens (primary N) is 1. The number of rotatable bonds is 0. The monoisotopic (exact) mass is 134 g/mol. The van der Waals surface area contributed by atoms with E-state index in [-0.39, 0.29) is 0 Å². The van der Waals surface area contributed by atoms with Crippen molar-refractivity contribution in [2.45, 2.75) is 0 Å². The van der Waals surface area contributed by atoms with Crippen molar-refractivity contribution < 1.29 is 0 Å². The van der Waals surface area contributed by atoms with E-state index in [0.29, 0.717) is 11.6 Å². The lowest BCUT2D eigenvalue weighted by Crippen LogP contribution is -1.94. The van der Waals surface area contributed by atoms with Gasteiger partial charge in [0.15, 0.2) is 5.82 Å². The van der Waals surface area contributed by atoms with E-state index in [1.165, 1.54) is 0 Å². The van der Waals surface area contributed by atoms with Crippen molar-refractivity contribution in [2.75, 3.05) is 5.73 Å². The molecule has 0 atom stereocenters. The largest absolute Gasteiger partial charge is 0.384 e. The van der Waals surface area contributed by atoms with Gasteiger partial charge in [-0.1, -0.05) is 0 Å². The van der Waals surface area contributed by atoms with Crippen molar-refractivity contribution in [1.82, 2.24) is 15.0 Å². The molecule has 0 saturated carbocycles. The predicted octanol–water partition coefficient (Wildman–Crippen LogP) is 0.492. The molecule has 50 valence electrons. The van der Waals surface area contributed by atoms with Crippen LogP contribution in [0, 0.1) is 0 Å². The van der Waals surface area contributed by atoms with Crippen LogP contribution in [0.4, 0.5) is 5.82 Å². The Morgan fingerprint density at radius 3 is 3.20 bits per heavy atom. The van der Waals surface area contributed by atoms with Gasteiger partial charge in [0.25, 0.3) is 0 Å². The second-order valence-corrected chi connectivity index (χ2v) is 2.02. The quantitative estimate of drug-likeness (QED) is 0.551. The smallest absolute Gasteiger partial charge is 0.176 e. The van der Waals surface area contributed by atoms with Gasteiger partial charge in [0.05, 0.1) is 11.9 Å². The molecular formula is C6H6N4. The number of H-pyrrole nitrogens is 1. The van der Waals surface area contributed by atoms with Crippen molar-refractivity contribution in [3.8, 4) is 11.5 Å². The Morgan fingerprint density at radius 1 is 1.40 bits per heavy atom. The van der Waals surface area contributed by atoms with Crippen LogP contribution in [0.5, 0.6) is 0 Å². The number of aromatic nitrogens is 3. The number of hydrogen-bond donors (Lipinski definition) is 2. The molecule has 0 aromatic rings. The Balaban J connectivity index is 2.75. The Hall–Kier alpha value is -1.58. The minimum absolute atomic E-state index is 0.556. The number of anilines is 1. The zero-order valence-electron chi connectivity index (χ0n) is 5.20. The first kappa shape index (κ1) is 5.22. The van der Waals surface area contributed by atoms with E-state index in [2.05, 4.69) is 15.0 Å². The van der Waals surface area contributed by atoms with Crippen LogP contribution in [0.1, 0.15) is 0 Å². The number of nitrogens with one attached hydrogen (secondary N) is 1. The minimum Gasteiger partial charge on any atom is -0.384 e. The van der Waals surface area contributed by atoms with Crippen LogP contribution in [-0.2, 0) is 0 Å². The Labute approximate surface area is 57.5 Å². The molecule has 3 N–H and O–H groups in total. The van der Waals surface area contributed by atoms with Gasteiger partial charge >= 0.3 is 0 Å². The normalized spacial score (nSPS) is 10.4. The molecule has 0 aromatic carbocycles. The summed E-state index contributed by atoms with van der Waals surface area (Å²) in [6.45, 7) is 0. The predicted molar refractivity (Wildman–Crippen MR) is 37.4 cm³/mol. The first-order valence-corrected chi connectivity index (χ1v) is 2.91. The average Bonchev–Trinajstić information content (AvgIpc) is 2.33. The van der Waals surface area contributed by atoms with Gasteiger partial charge in [-0.15, -0.1) is 0 Å². The zero-order valence-corrected chi connectivity index (χ0v) is 5.20. The van der Waals surface area contributed by atoms with E-state index < -0.39 is 0 Å². The summed E-state index contributed by atoms with van der Waals surface area (Å²) in [7, 11) is 0. The summed E-state index contributed by atoms with van der Waals surface area (Å²) in [4.78, 5) is 10.9. The highest BCUT2D eigenvalue weighted by molar-refractivity contribution is 5.53. The third kappa shape index (κ3) is 0.621. The van der Waals surface area contributed by atoms with Crippen LogP contribution in [0.3, 0.4) is 0 Å². The van der Waals surface area contributed by atoms with Crippen LogP contribution < -0.4 is 5.73 Å². The molecule has 0 aliphatic carbocycles. The van der Waals surface area contributed by atoms with Crippen molar-refractivity contribution in [2.24, 2.45) is 0 Å². The fraction of sp³-hybridized carbons (Fsp3) is 0. The molecule has 10 heavy (non-hydrogen) atoms. The maximum absolute atomic E-state index is 5.44. The highest BCUT2D eigenvalue weighted by atomic mass is 15.0. The van der Waals surface area contributed by atoms with Gasteiger partial charge in [-0.3, -0.25) is 0 Å². The first-order chi connectivity index (χ1) is 4.86. The second-order valence-electron chi connectivity index (χ2n) is 2.02. The molecule has 2 heterocycles. The fourth-order valence-electron chi connectivity index (χ4n) is 0.845. The summed E-state index contributed by atoms with van der Waals surface area (Å²) in [5, 5.41) is 0. The van der Waals surface area contributed by atoms with Crippen LogP contribution in [0.2, 0.25) is 0 Å². The number of hydrogen-bond acceptors (Lipinski definition) is 3. The van der Waals surface area contributed by atoms with E-state index in [0.717, 1.165) is 5.69 Å². The lowest BCUT2D eigenvalue weighted by molar-refractivity contribution is 1.17. The molecule has 2 rings (SSSR count). The molecule has 4 heteroatoms. The van der Waals surface area contributed by atoms with E-state index in [9.17, 15) is 0 Å². The minimum atomic E-state index is 0.556. The third-order valence-corrected chi connectivity index (χ3v) is 1.28. The van der Waals surface area contributed by atoms with Crippen molar-refractivity contribution in [3.05, 3.63) is 18.5 Å². The van der Waals surface area contributed by atoms with Crippen molar-refractivity contribution in [3.63, 3.8) is 0 Å². The van der Waals surface area contributed by atoms with Crippen molar-refractivity contribution >= 4 is 5.82 Å². The molecule has 2 aliphatic rings. The lowest BCUT2D eigenvalue weighted by Gasteiger charge is -1.96. The topological polar surface area (TPSA) is 67.6 Å². The van der Waals surface area contributed by atoms with E-state index in [1.54, 1.807) is 12.4 Å². The highest BCUT2D eigenvalue weighted by Gasteiger charge is 2.02. The molecule has 0 spiro atoms. The summed E-state index contributed by atoms with van der Waals surface area (Å²) in [6.07, 6.45) is 3.24. The summed E-state index contributed by atoms with van der Waals surface area (Å²) >= 11 is 0. The number of aromatic amines is 1. The van der Waals surface area contributed by atoms with Gasteiger partial charge in [-0.25, -0.2) is 9.97 Å². The van der Waals surface area contributed by atoms with E-state index in [4.69, 9.17) is 5.73 Å². The third-order valence-electron chi connectivity index (χ3n) is 1.28. The molecule has 2 aliphatic heterocycles. The van der Waals surface area contributed by atoms with Gasteiger partial charge in [0.2, 0.25) is 0 Å². The second kappa shape index (κ2) is 1.70. The van der Waals surface area contributed by atoms with Gasteiger partial charge in [-0.2, -0.15) is 0 Å². The fourth-order valence-corrected chi connectivity index (χ4v) is 0.845. The molecule has 0 bridgehead atoms. The highest BCUT2D eigenvalue weighted by Crippen LogP contribution is 2.13. The Bertz CT molecular complexity index is 314. The Kier molecular flexibility index (Phi) is 0.887. The first-order valence-electron chi connectivity index (χ1n) is 2.91. The average molecular weight is 134 g/mol. The van der Waals surface area contributed by atoms with E-state index >= 15 is 0 Å². The maximum atomic E-state index is 5.44. The molecule has 0 radical (unpaired) electrons. The standard InChI is InChI=1S/C6H6N4/c7-5-3-9-6-4(10-5)1-2-8-6/h1-3,10H,7H2. The van der Waals surface area contributed by atoms with Gasteiger partial charge < -0.3 is 10.7 Å². The molecule has 0 aromatic heterocycles. The van der Waals surface area contributed by atoms with Crippen LogP contribution >= 0.6 is 0 Å². The van der Waals surface area contributed by atoms with Gasteiger partial charge in [0, 0.05) is 6.20 Å². The number of fused-ring (bicyclic) bond motifs is 1. The molecule has 4 nitrogen and oxygen atoms in total. The van der Waals surface area contributed by atoms with Crippen molar-refractivity contribution in [1.29, 1.82) is 0 Å². The zero-order chi connectivity index (χ0) is 6.97. The Morgan fingerprint density at radius 2 is 2.30 bits per heavy atom. The molecule has 0 amide bonds. The summed E-state index contributed by atoms with van der Waals surface area (Å²) in [6, 6.07) is 1.83. The van der Waals surface area contributed by atoms with Gasteiger partial charge in [-0.05, 0) is 6.07 Å². The molecule has 0 saturated heterocycles. The molecular weight excluding hydrogens is 128 g/mol. The van der Waals surface area contributed by atoms with E-state index in [1.807, 2.05) is 6.07 Å². The van der Waals surface area contributed by atoms with Crippen LogP contribution in [0.15, 0.2) is 18.5 Å². The van der Waals surface area contributed by atoms with Crippen LogP contribution in [-0.4, -0.2) is 15.0 Å². The van der Waals surface area contributed by atoms with Gasteiger partial charge in [0.1, 0.15) is 5.82 Å². The summed E-state index contributed by atoms with van der Waals surface area (Å²) in [5.74, 6) is 1.26. The molecule has 0 unspecified atom stereocenters. The number of nitrogens with zero attached hydrogens (tertiary/aromatic N) is 2. The lowest BCUT2D eigenvalue weighted by atomic mass is 10.4. The summed E-state index contributed by atoms with van der Waals surface area (Å²) < 4.78 is 0.